The van der Waals surface area contributed by atoms with Crippen LogP contribution in [0.5, 0.6) is 0 Å². The van der Waals surface area contributed by atoms with Crippen molar-refractivity contribution in [3.05, 3.63) is 6.07 Å². The van der Waals surface area contributed by atoms with Crippen LogP contribution in [0.3, 0.4) is 0 Å². The van der Waals surface area contributed by atoms with E-state index in [1.807, 2.05) is 19.9 Å². The van der Waals surface area contributed by atoms with Gasteiger partial charge in [0, 0.05) is 0 Å². The van der Waals surface area contributed by atoms with Crippen LogP contribution in [0, 0.1) is 0 Å². The van der Waals surface area contributed by atoms with Crippen molar-refractivity contribution in [2.24, 2.45) is 0 Å². The van der Waals surface area contributed by atoms with Gasteiger partial charge in [-0.1, -0.05) is 13.8 Å². The molecule has 1 rings (SSSR count). The summed E-state index contributed by atoms with van der Waals surface area (Å²) in [6, 6.07) is 1.98. The molecule has 0 aliphatic rings. The van der Waals surface area contributed by atoms with E-state index in [-0.39, 0.29) is 0 Å². The molecule has 1 heterocycles. The van der Waals surface area contributed by atoms with Gasteiger partial charge in [0.1, 0.15) is 0 Å². The fourth-order valence-electron chi connectivity index (χ4n) is 1.50. The van der Waals surface area contributed by atoms with Crippen molar-refractivity contribution >= 4 is 47.8 Å². The summed E-state index contributed by atoms with van der Waals surface area (Å²) in [6.07, 6.45) is 0. The van der Waals surface area contributed by atoms with E-state index in [9.17, 15) is 4.57 Å². The molecule has 1 aromatic heterocycles. The van der Waals surface area contributed by atoms with E-state index in [2.05, 4.69) is 13.8 Å². The molecule has 3 nitrogen and oxygen atoms in total. The Morgan fingerprint density at radius 3 is 2.16 bits per heavy atom. The van der Waals surface area contributed by atoms with Crippen molar-refractivity contribution < 1.29 is 13.6 Å². The molecule has 0 aliphatic heterocycles. The lowest BCUT2D eigenvalue weighted by molar-refractivity contribution is 0.229. The Morgan fingerprint density at radius 2 is 1.68 bits per heavy atom. The highest BCUT2D eigenvalue weighted by molar-refractivity contribution is 8.03. The third-order valence-corrected chi connectivity index (χ3v) is 7.95. The summed E-state index contributed by atoms with van der Waals surface area (Å²) in [5, 5.41) is 0.740. The third kappa shape index (κ3) is 4.80. The van der Waals surface area contributed by atoms with Gasteiger partial charge in [-0.3, -0.25) is 4.57 Å². The highest BCUT2D eigenvalue weighted by Crippen LogP contribution is 2.51. The van der Waals surface area contributed by atoms with Gasteiger partial charge in [-0.05, 0) is 31.4 Å². The zero-order valence-electron chi connectivity index (χ0n) is 11.8. The summed E-state index contributed by atoms with van der Waals surface area (Å²) in [7, 11) is -3.17. The molecule has 0 aromatic carbocycles. The van der Waals surface area contributed by atoms with Gasteiger partial charge in [-0.2, -0.15) is 0 Å². The number of thiophene rings is 1. The number of thioether (sulfide) groups is 2. The molecule has 0 saturated heterocycles. The first-order chi connectivity index (χ1) is 9.11. The molecule has 0 amide bonds. The minimum absolute atomic E-state index is 0.389. The van der Waals surface area contributed by atoms with E-state index >= 15 is 0 Å². The van der Waals surface area contributed by atoms with Crippen molar-refractivity contribution in [1.82, 2.24) is 0 Å². The van der Waals surface area contributed by atoms with Crippen molar-refractivity contribution in [3.8, 4) is 0 Å². The first-order valence-corrected chi connectivity index (χ1v) is 10.7. The third-order valence-electron chi connectivity index (χ3n) is 2.11. The number of hydrogen-bond donors (Lipinski definition) is 0. The van der Waals surface area contributed by atoms with Gasteiger partial charge in [0.05, 0.1) is 26.9 Å². The molecule has 0 aliphatic carbocycles. The summed E-state index contributed by atoms with van der Waals surface area (Å²) >= 11 is 5.14. The van der Waals surface area contributed by atoms with E-state index in [0.717, 1.165) is 21.0 Å². The second-order valence-electron chi connectivity index (χ2n) is 3.44. The monoisotopic (exact) mass is 340 g/mol. The quantitative estimate of drug-likeness (QED) is 0.474. The lowest BCUT2D eigenvalue weighted by Crippen LogP contribution is -2.10. The van der Waals surface area contributed by atoms with Crippen molar-refractivity contribution in [1.29, 1.82) is 0 Å². The zero-order chi connectivity index (χ0) is 14.3. The molecule has 0 radical (unpaired) electrons. The van der Waals surface area contributed by atoms with Gasteiger partial charge in [0.2, 0.25) is 0 Å². The van der Waals surface area contributed by atoms with E-state index in [0.29, 0.717) is 13.2 Å². The molecule has 7 heteroatoms. The van der Waals surface area contributed by atoms with Gasteiger partial charge in [0.25, 0.3) is 0 Å². The molecule has 0 saturated carbocycles. The Hall–Kier alpha value is 0.550. The maximum absolute atomic E-state index is 12.9. The molecular formula is C12H21O3PS3. The summed E-state index contributed by atoms with van der Waals surface area (Å²) < 4.78 is 26.0. The normalized spacial score (nSPS) is 12.0. The average Bonchev–Trinajstić information content (AvgIpc) is 2.74. The molecule has 1 aromatic rings. The molecule has 0 unspecified atom stereocenters. The highest BCUT2D eigenvalue weighted by atomic mass is 32.2. The largest absolute Gasteiger partial charge is 0.363 e. The summed E-state index contributed by atoms with van der Waals surface area (Å²) in [5.41, 5.74) is 0. The lowest BCUT2D eigenvalue weighted by Gasteiger charge is -2.17. The fourth-order valence-corrected chi connectivity index (χ4v) is 7.55. The van der Waals surface area contributed by atoms with Crippen molar-refractivity contribution in [2.75, 3.05) is 24.7 Å². The van der Waals surface area contributed by atoms with Gasteiger partial charge in [-0.25, -0.2) is 0 Å². The molecule has 0 atom stereocenters. The molecule has 0 bridgehead atoms. The van der Waals surface area contributed by atoms with Crippen LogP contribution in [0.15, 0.2) is 14.5 Å². The average molecular weight is 340 g/mol. The van der Waals surface area contributed by atoms with E-state index in [1.54, 1.807) is 34.9 Å². The topological polar surface area (TPSA) is 35.5 Å². The second kappa shape index (κ2) is 8.75. The summed E-state index contributed by atoms with van der Waals surface area (Å²) in [6.45, 7) is 8.66. The van der Waals surface area contributed by atoms with Crippen molar-refractivity contribution in [3.63, 3.8) is 0 Å². The SMILES string of the molecule is CCOP(=O)(OCC)c1cc(SCC)sc1SCC. The minimum Gasteiger partial charge on any atom is -0.305 e. The Labute approximate surface area is 128 Å². The summed E-state index contributed by atoms with van der Waals surface area (Å²) in [4.78, 5) is 0. The van der Waals surface area contributed by atoms with E-state index in [1.165, 1.54) is 4.21 Å². The van der Waals surface area contributed by atoms with Crippen LogP contribution in [0.2, 0.25) is 0 Å². The first-order valence-electron chi connectivity index (χ1n) is 6.40. The van der Waals surface area contributed by atoms with Crippen LogP contribution in [0.1, 0.15) is 27.7 Å². The van der Waals surface area contributed by atoms with Gasteiger partial charge in [0.15, 0.2) is 0 Å². The predicted octanol–water partition coefficient (Wildman–Crippen LogP) is 4.86. The van der Waals surface area contributed by atoms with E-state index in [4.69, 9.17) is 9.05 Å². The number of rotatable bonds is 9. The number of hydrogen-bond acceptors (Lipinski definition) is 6. The lowest BCUT2D eigenvalue weighted by atomic mass is 10.7. The standard InChI is InChI=1S/C12H21O3PS3/c1-5-14-16(13,15-6-2)10-9-11(17-7-3)19-12(10)18-8-4/h9H,5-8H2,1-4H3. The van der Waals surface area contributed by atoms with Crippen LogP contribution < -0.4 is 5.30 Å². The van der Waals surface area contributed by atoms with Crippen molar-refractivity contribution in [2.45, 2.75) is 36.1 Å². The molecule has 19 heavy (non-hydrogen) atoms. The van der Waals surface area contributed by atoms with Gasteiger partial charge < -0.3 is 9.05 Å². The van der Waals surface area contributed by atoms with Crippen LogP contribution in [0.25, 0.3) is 0 Å². The van der Waals surface area contributed by atoms with Crippen LogP contribution in [0.4, 0.5) is 0 Å². The second-order valence-corrected chi connectivity index (χ2v) is 9.58. The Balaban J connectivity index is 3.15. The molecule has 110 valence electrons. The molecule has 0 N–H and O–H groups in total. The zero-order valence-corrected chi connectivity index (χ0v) is 15.1. The van der Waals surface area contributed by atoms with Gasteiger partial charge in [-0.15, -0.1) is 34.9 Å². The predicted molar refractivity (Wildman–Crippen MR) is 87.6 cm³/mol. The van der Waals surface area contributed by atoms with Gasteiger partial charge >= 0.3 is 7.60 Å². The molecular weight excluding hydrogens is 319 g/mol. The maximum Gasteiger partial charge on any atom is 0.363 e. The smallest absolute Gasteiger partial charge is 0.305 e. The minimum atomic E-state index is -3.17. The Kier molecular flexibility index (Phi) is 8.11. The molecule has 0 fully saturated rings. The Bertz CT molecular complexity index is 424. The first kappa shape index (κ1) is 17.6. The fraction of sp³-hybridized carbons (Fsp3) is 0.667. The van der Waals surface area contributed by atoms with Crippen LogP contribution in [-0.4, -0.2) is 24.7 Å². The Morgan fingerprint density at radius 1 is 1.11 bits per heavy atom. The summed E-state index contributed by atoms with van der Waals surface area (Å²) in [5.74, 6) is 1.95. The van der Waals surface area contributed by atoms with E-state index < -0.39 is 7.60 Å². The highest BCUT2D eigenvalue weighted by Gasteiger charge is 2.31. The van der Waals surface area contributed by atoms with Crippen LogP contribution in [-0.2, 0) is 13.6 Å². The maximum atomic E-state index is 12.9. The molecule has 0 spiro atoms. The van der Waals surface area contributed by atoms with Crippen LogP contribution >= 0.6 is 42.5 Å².